The van der Waals surface area contributed by atoms with Crippen LogP contribution in [0.25, 0.3) is 0 Å². The Balaban J connectivity index is 2.72. The highest BCUT2D eigenvalue weighted by Crippen LogP contribution is 2.34. The molecule has 0 radical (unpaired) electrons. The second kappa shape index (κ2) is 7.39. The summed E-state index contributed by atoms with van der Waals surface area (Å²) in [5.74, 6) is -1.22. The van der Waals surface area contributed by atoms with E-state index in [2.05, 4.69) is 0 Å². The Morgan fingerprint density at radius 3 is 2.08 bits per heavy atom. The Hall–Kier alpha value is -1.27. The zero-order valence-electron chi connectivity index (χ0n) is 13.5. The third-order valence-electron chi connectivity index (χ3n) is 3.71. The fraction of sp³-hybridized carbons (Fsp3) is 0.250. The van der Waals surface area contributed by atoms with E-state index in [0.29, 0.717) is 0 Å². The molecule has 1 unspecified atom stereocenters. The van der Waals surface area contributed by atoms with Gasteiger partial charge in [0.25, 0.3) is 0 Å². The average molecular weight is 505 g/mol. The first-order valence-corrected chi connectivity index (χ1v) is 9.70. The fourth-order valence-corrected chi connectivity index (χ4v) is 4.26. The molecule has 0 aliphatic heterocycles. The molecule has 0 saturated carbocycles. The SMILES string of the molecule is Cc1cc(F)ccc1C(NS(=O)(=O)C(F)(F)F)c1c(C)cc(F)cc1I. The maximum absolute atomic E-state index is 13.6. The molecule has 0 bridgehead atoms. The highest BCUT2D eigenvalue weighted by molar-refractivity contribution is 14.1. The predicted molar refractivity (Wildman–Crippen MR) is 94.9 cm³/mol. The van der Waals surface area contributed by atoms with Gasteiger partial charge in [-0.3, -0.25) is 0 Å². The van der Waals surface area contributed by atoms with Crippen molar-refractivity contribution in [3.05, 3.63) is 67.8 Å². The van der Waals surface area contributed by atoms with Gasteiger partial charge in [0.05, 0.1) is 6.04 Å². The van der Waals surface area contributed by atoms with Gasteiger partial charge in [-0.05, 0) is 83.0 Å². The van der Waals surface area contributed by atoms with E-state index in [9.17, 15) is 30.4 Å². The standard InChI is InChI=1S/C16H13F5INO2S/c1-8-5-10(17)3-4-12(8)15(23-26(24,25)16(19,20)21)14-9(2)6-11(18)7-13(14)22/h3-7,15,23H,1-2H3. The van der Waals surface area contributed by atoms with Gasteiger partial charge in [-0.25, -0.2) is 17.2 Å². The molecule has 0 fully saturated rings. The summed E-state index contributed by atoms with van der Waals surface area (Å²) in [5, 5.41) is 0. The molecule has 2 aromatic carbocycles. The average Bonchev–Trinajstić information content (AvgIpc) is 2.43. The first-order chi connectivity index (χ1) is 11.8. The van der Waals surface area contributed by atoms with Crippen LogP contribution < -0.4 is 4.72 Å². The number of hydrogen-bond donors (Lipinski definition) is 1. The lowest BCUT2D eigenvalue weighted by molar-refractivity contribution is -0.0450. The van der Waals surface area contributed by atoms with Gasteiger partial charge >= 0.3 is 15.5 Å². The first kappa shape index (κ1) is 21.0. The second-order valence-corrected chi connectivity index (χ2v) is 8.49. The van der Waals surface area contributed by atoms with Crippen LogP contribution in [-0.4, -0.2) is 13.9 Å². The zero-order chi connectivity index (χ0) is 19.9. The van der Waals surface area contributed by atoms with Crippen LogP contribution in [0.5, 0.6) is 0 Å². The second-order valence-electron chi connectivity index (χ2n) is 5.62. The molecule has 0 aliphatic rings. The van der Waals surface area contributed by atoms with E-state index >= 15 is 0 Å². The highest BCUT2D eigenvalue weighted by atomic mass is 127. The highest BCUT2D eigenvalue weighted by Gasteiger charge is 2.47. The molecule has 0 aliphatic carbocycles. The number of sulfonamides is 1. The van der Waals surface area contributed by atoms with Crippen molar-refractivity contribution in [2.75, 3.05) is 0 Å². The minimum Gasteiger partial charge on any atom is -0.207 e. The summed E-state index contributed by atoms with van der Waals surface area (Å²) in [4.78, 5) is 0. The molecule has 2 aromatic rings. The van der Waals surface area contributed by atoms with E-state index < -0.39 is 33.2 Å². The number of hydrogen-bond acceptors (Lipinski definition) is 2. The van der Waals surface area contributed by atoms with E-state index in [0.717, 1.165) is 24.3 Å². The van der Waals surface area contributed by atoms with Crippen molar-refractivity contribution >= 4 is 32.6 Å². The van der Waals surface area contributed by atoms with Crippen LogP contribution >= 0.6 is 22.6 Å². The molecule has 142 valence electrons. The van der Waals surface area contributed by atoms with Gasteiger partial charge in [-0.1, -0.05) is 6.07 Å². The van der Waals surface area contributed by atoms with Crippen LogP contribution in [0.15, 0.2) is 30.3 Å². The van der Waals surface area contributed by atoms with E-state index in [1.165, 1.54) is 19.9 Å². The van der Waals surface area contributed by atoms with Crippen molar-refractivity contribution in [2.45, 2.75) is 25.4 Å². The lowest BCUT2D eigenvalue weighted by atomic mass is 9.93. The van der Waals surface area contributed by atoms with Crippen LogP contribution in [0.1, 0.15) is 28.3 Å². The first-order valence-electron chi connectivity index (χ1n) is 7.13. The van der Waals surface area contributed by atoms with E-state index in [-0.39, 0.29) is 25.8 Å². The molecule has 0 amide bonds. The molecule has 26 heavy (non-hydrogen) atoms. The largest absolute Gasteiger partial charge is 0.511 e. The minimum absolute atomic E-state index is 0.131. The van der Waals surface area contributed by atoms with Gasteiger partial charge in [0, 0.05) is 3.57 Å². The van der Waals surface area contributed by atoms with Crippen LogP contribution in [0.3, 0.4) is 0 Å². The summed E-state index contributed by atoms with van der Waals surface area (Å²) < 4.78 is 90.8. The van der Waals surface area contributed by atoms with Crippen LogP contribution in [0, 0.1) is 29.1 Å². The lowest BCUT2D eigenvalue weighted by Crippen LogP contribution is -2.40. The van der Waals surface area contributed by atoms with Crippen molar-refractivity contribution in [3.63, 3.8) is 0 Å². The lowest BCUT2D eigenvalue weighted by Gasteiger charge is -2.25. The molecule has 1 atom stereocenters. The third kappa shape index (κ3) is 4.34. The van der Waals surface area contributed by atoms with Crippen molar-refractivity contribution in [3.8, 4) is 0 Å². The van der Waals surface area contributed by atoms with Gasteiger partial charge in [0.1, 0.15) is 11.6 Å². The van der Waals surface area contributed by atoms with Crippen LogP contribution in [-0.2, 0) is 10.0 Å². The van der Waals surface area contributed by atoms with Gasteiger partial charge in [-0.15, -0.1) is 0 Å². The number of halogens is 6. The Bertz CT molecular complexity index is 921. The maximum Gasteiger partial charge on any atom is 0.511 e. The monoisotopic (exact) mass is 505 g/mol. The van der Waals surface area contributed by atoms with E-state index in [1.807, 2.05) is 0 Å². The van der Waals surface area contributed by atoms with Crippen molar-refractivity contribution in [2.24, 2.45) is 0 Å². The molecule has 0 aromatic heterocycles. The van der Waals surface area contributed by atoms with Gasteiger partial charge in [0.2, 0.25) is 0 Å². The molecule has 0 heterocycles. The number of benzene rings is 2. The van der Waals surface area contributed by atoms with E-state index in [1.54, 1.807) is 27.3 Å². The molecule has 3 nitrogen and oxygen atoms in total. The Morgan fingerprint density at radius 2 is 1.58 bits per heavy atom. The third-order valence-corrected chi connectivity index (χ3v) is 5.76. The van der Waals surface area contributed by atoms with Crippen LogP contribution in [0.2, 0.25) is 0 Å². The Morgan fingerprint density at radius 1 is 1.00 bits per heavy atom. The summed E-state index contributed by atoms with van der Waals surface area (Å²) >= 11 is 1.71. The van der Waals surface area contributed by atoms with Gasteiger partial charge < -0.3 is 0 Å². The van der Waals surface area contributed by atoms with E-state index in [4.69, 9.17) is 0 Å². The molecule has 0 spiro atoms. The topological polar surface area (TPSA) is 46.2 Å². The Labute approximate surface area is 160 Å². The normalized spacial score (nSPS) is 13.7. The molecule has 2 rings (SSSR count). The number of aryl methyl sites for hydroxylation is 2. The maximum atomic E-state index is 13.6. The molecular weight excluding hydrogens is 492 g/mol. The summed E-state index contributed by atoms with van der Waals surface area (Å²) in [6.45, 7) is 2.90. The van der Waals surface area contributed by atoms with Crippen molar-refractivity contribution < 1.29 is 30.4 Å². The quantitative estimate of drug-likeness (QED) is 0.484. The smallest absolute Gasteiger partial charge is 0.207 e. The summed E-state index contributed by atoms with van der Waals surface area (Å²) in [7, 11) is -5.70. The minimum atomic E-state index is -5.70. The molecule has 0 saturated heterocycles. The summed E-state index contributed by atoms with van der Waals surface area (Å²) in [6.07, 6.45) is 0. The fourth-order valence-electron chi connectivity index (χ4n) is 2.54. The number of rotatable bonds is 4. The number of alkyl halides is 3. The van der Waals surface area contributed by atoms with Crippen molar-refractivity contribution in [1.29, 1.82) is 0 Å². The van der Waals surface area contributed by atoms with Gasteiger partial charge in [0.15, 0.2) is 0 Å². The molecule has 1 N–H and O–H groups in total. The van der Waals surface area contributed by atoms with Crippen LogP contribution in [0.4, 0.5) is 22.0 Å². The predicted octanol–water partition coefficient (Wildman–Crippen LogP) is 4.71. The zero-order valence-corrected chi connectivity index (χ0v) is 16.4. The van der Waals surface area contributed by atoms with Crippen molar-refractivity contribution in [1.82, 2.24) is 4.72 Å². The summed E-state index contributed by atoms with van der Waals surface area (Å²) in [6, 6.07) is 4.00. The number of nitrogens with one attached hydrogen (secondary N) is 1. The Kier molecular flexibility index (Phi) is 5.98. The molecule has 10 heteroatoms. The molecular formula is C16H13F5INO2S. The summed E-state index contributed by atoms with van der Waals surface area (Å²) in [5.41, 5.74) is -4.73. The van der Waals surface area contributed by atoms with Gasteiger partial charge in [-0.2, -0.15) is 17.9 Å².